The van der Waals surface area contributed by atoms with Crippen molar-refractivity contribution >= 4 is 11.3 Å². The number of nitrogens with zero attached hydrogens (tertiary/aromatic N) is 2. The van der Waals surface area contributed by atoms with Crippen LogP contribution in [0.2, 0.25) is 0 Å². The third-order valence-electron chi connectivity index (χ3n) is 2.22. The summed E-state index contributed by atoms with van der Waals surface area (Å²) in [5.74, 6) is 5.60. The number of hydrogen-bond donors (Lipinski definition) is 1. The molecule has 0 unspecified atom stereocenters. The van der Waals surface area contributed by atoms with E-state index >= 15 is 0 Å². The minimum atomic E-state index is -4.40. The van der Waals surface area contributed by atoms with Crippen LogP contribution in [-0.2, 0) is 12.7 Å². The van der Waals surface area contributed by atoms with Crippen LogP contribution in [0.25, 0.3) is 0 Å². The van der Waals surface area contributed by atoms with Crippen LogP contribution in [0.1, 0.15) is 15.4 Å². The Hall–Kier alpha value is -1.78. The van der Waals surface area contributed by atoms with E-state index in [1.807, 2.05) is 12.1 Å². The van der Waals surface area contributed by atoms with Crippen molar-refractivity contribution in [1.82, 2.24) is 9.78 Å². The van der Waals surface area contributed by atoms with Gasteiger partial charge in [-0.05, 0) is 18.2 Å². The van der Waals surface area contributed by atoms with Crippen LogP contribution in [-0.4, -0.2) is 16.3 Å². The smallest absolute Gasteiger partial charge is 0.320 e. The zero-order valence-electron chi connectivity index (χ0n) is 9.74. The average Bonchev–Trinajstić information content (AvgIpc) is 2.95. The number of thiophene rings is 1. The van der Waals surface area contributed by atoms with E-state index in [2.05, 4.69) is 16.9 Å². The maximum atomic E-state index is 12.4. The highest BCUT2D eigenvalue weighted by atomic mass is 32.1. The SMILES string of the molecule is NCC#Cc1ccc(Cn2ccc(C(F)(F)F)n2)s1. The van der Waals surface area contributed by atoms with Crippen molar-refractivity contribution in [2.45, 2.75) is 12.7 Å². The summed E-state index contributed by atoms with van der Waals surface area (Å²) in [5.41, 5.74) is 4.38. The van der Waals surface area contributed by atoms with Crippen molar-refractivity contribution in [3.63, 3.8) is 0 Å². The Labute approximate surface area is 111 Å². The topological polar surface area (TPSA) is 43.8 Å². The second kappa shape index (κ2) is 5.47. The van der Waals surface area contributed by atoms with Gasteiger partial charge < -0.3 is 5.73 Å². The monoisotopic (exact) mass is 285 g/mol. The highest BCUT2D eigenvalue weighted by Gasteiger charge is 2.33. The number of halogens is 3. The molecule has 0 bridgehead atoms. The molecule has 0 saturated heterocycles. The minimum absolute atomic E-state index is 0.279. The molecule has 0 aliphatic carbocycles. The van der Waals surface area contributed by atoms with Gasteiger partial charge in [-0.25, -0.2) is 0 Å². The first-order valence-corrected chi connectivity index (χ1v) is 6.19. The lowest BCUT2D eigenvalue weighted by atomic mass is 10.4. The van der Waals surface area contributed by atoms with Crippen molar-refractivity contribution in [1.29, 1.82) is 0 Å². The molecular weight excluding hydrogens is 275 g/mol. The maximum Gasteiger partial charge on any atom is 0.435 e. The molecule has 0 aliphatic rings. The second-order valence-electron chi connectivity index (χ2n) is 3.67. The molecule has 0 saturated carbocycles. The van der Waals surface area contributed by atoms with Gasteiger partial charge in [0, 0.05) is 11.1 Å². The van der Waals surface area contributed by atoms with Gasteiger partial charge >= 0.3 is 6.18 Å². The summed E-state index contributed by atoms with van der Waals surface area (Å²) in [4.78, 5) is 1.72. The molecule has 0 amide bonds. The maximum absolute atomic E-state index is 12.4. The number of nitrogens with two attached hydrogens (primary N) is 1. The van der Waals surface area contributed by atoms with E-state index in [1.165, 1.54) is 22.2 Å². The van der Waals surface area contributed by atoms with Crippen molar-refractivity contribution < 1.29 is 13.2 Å². The molecule has 2 N–H and O–H groups in total. The summed E-state index contributed by atoms with van der Waals surface area (Å²) < 4.78 is 38.4. The van der Waals surface area contributed by atoms with Gasteiger partial charge in [0.25, 0.3) is 0 Å². The normalized spacial score (nSPS) is 11.2. The molecule has 0 fully saturated rings. The Bertz CT molecular complexity index is 616. The Morgan fingerprint density at radius 1 is 1.32 bits per heavy atom. The van der Waals surface area contributed by atoms with Crippen LogP contribution >= 0.6 is 11.3 Å². The zero-order valence-corrected chi connectivity index (χ0v) is 10.6. The van der Waals surface area contributed by atoms with Gasteiger partial charge in [0.05, 0.1) is 18.0 Å². The summed E-state index contributed by atoms with van der Waals surface area (Å²) in [7, 11) is 0. The first kappa shape index (κ1) is 13.6. The number of alkyl halides is 3. The van der Waals surface area contributed by atoms with E-state index in [4.69, 9.17) is 5.73 Å². The number of aromatic nitrogens is 2. The summed E-state index contributed by atoms with van der Waals surface area (Å²) in [6, 6.07) is 4.60. The molecule has 0 aromatic carbocycles. The molecule has 2 heterocycles. The molecule has 3 nitrogen and oxygen atoms in total. The minimum Gasteiger partial charge on any atom is -0.320 e. The Kier molecular flexibility index (Phi) is 3.93. The molecule has 19 heavy (non-hydrogen) atoms. The number of rotatable bonds is 2. The lowest BCUT2D eigenvalue weighted by Gasteiger charge is -2.01. The van der Waals surface area contributed by atoms with E-state index in [9.17, 15) is 13.2 Å². The molecule has 2 rings (SSSR count). The van der Waals surface area contributed by atoms with Crippen molar-refractivity contribution in [2.24, 2.45) is 5.73 Å². The fourth-order valence-electron chi connectivity index (χ4n) is 1.43. The zero-order chi connectivity index (χ0) is 13.9. The molecule has 0 spiro atoms. The molecule has 0 aliphatic heterocycles. The highest BCUT2D eigenvalue weighted by molar-refractivity contribution is 7.12. The van der Waals surface area contributed by atoms with Crippen molar-refractivity contribution in [2.75, 3.05) is 6.54 Å². The third-order valence-corrected chi connectivity index (χ3v) is 3.21. The first-order valence-electron chi connectivity index (χ1n) is 5.37. The highest BCUT2D eigenvalue weighted by Crippen LogP contribution is 2.27. The van der Waals surface area contributed by atoms with Gasteiger partial charge in [-0.2, -0.15) is 18.3 Å². The fourth-order valence-corrected chi connectivity index (χ4v) is 2.30. The van der Waals surface area contributed by atoms with Gasteiger partial charge in [0.2, 0.25) is 0 Å². The van der Waals surface area contributed by atoms with Crippen LogP contribution in [0.5, 0.6) is 0 Å². The average molecular weight is 285 g/mol. The molecule has 2 aromatic heterocycles. The van der Waals surface area contributed by atoms with Crippen molar-refractivity contribution in [3.05, 3.63) is 39.8 Å². The Balaban J connectivity index is 2.09. The molecule has 100 valence electrons. The predicted molar refractivity (Wildman–Crippen MR) is 66.6 cm³/mol. The summed E-state index contributed by atoms with van der Waals surface area (Å²) in [6.07, 6.45) is -3.09. The molecule has 7 heteroatoms. The van der Waals surface area contributed by atoms with Crippen LogP contribution in [0.3, 0.4) is 0 Å². The lowest BCUT2D eigenvalue weighted by Crippen LogP contribution is -2.08. The van der Waals surface area contributed by atoms with E-state index in [1.54, 1.807) is 0 Å². The predicted octanol–water partition coefficient (Wildman–Crippen LogP) is 2.32. The van der Waals surface area contributed by atoms with E-state index in [0.29, 0.717) is 6.54 Å². The van der Waals surface area contributed by atoms with E-state index in [-0.39, 0.29) is 6.54 Å². The molecular formula is C12H10F3N3S. The summed E-state index contributed by atoms with van der Waals surface area (Å²) in [5, 5.41) is 3.49. The second-order valence-corrected chi connectivity index (χ2v) is 4.84. The third kappa shape index (κ3) is 3.59. The molecule has 0 atom stereocenters. The van der Waals surface area contributed by atoms with Gasteiger partial charge in [0.1, 0.15) is 0 Å². The largest absolute Gasteiger partial charge is 0.435 e. The van der Waals surface area contributed by atoms with Crippen LogP contribution in [0.4, 0.5) is 13.2 Å². The van der Waals surface area contributed by atoms with Crippen molar-refractivity contribution in [3.8, 4) is 11.8 Å². The van der Waals surface area contributed by atoms with E-state index in [0.717, 1.165) is 15.8 Å². The fraction of sp³-hybridized carbons (Fsp3) is 0.250. The Morgan fingerprint density at radius 2 is 2.11 bits per heavy atom. The summed E-state index contributed by atoms with van der Waals surface area (Å²) >= 11 is 1.41. The van der Waals surface area contributed by atoms with Gasteiger partial charge in [0.15, 0.2) is 5.69 Å². The van der Waals surface area contributed by atoms with Crippen LogP contribution in [0.15, 0.2) is 24.4 Å². The standard InChI is InChI=1S/C12H10F3N3S/c13-12(14,15)11-5-7-18(17-11)8-10-4-3-9(19-10)2-1-6-16/h3-5,7H,6,8,16H2. The van der Waals surface area contributed by atoms with Crippen LogP contribution in [0, 0.1) is 11.8 Å². The van der Waals surface area contributed by atoms with Crippen LogP contribution < -0.4 is 5.73 Å². The number of hydrogen-bond acceptors (Lipinski definition) is 3. The van der Waals surface area contributed by atoms with Gasteiger partial charge in [-0.1, -0.05) is 11.8 Å². The molecule has 0 radical (unpaired) electrons. The lowest BCUT2D eigenvalue weighted by molar-refractivity contribution is -0.141. The Morgan fingerprint density at radius 3 is 2.74 bits per heavy atom. The van der Waals surface area contributed by atoms with E-state index < -0.39 is 11.9 Å². The first-order chi connectivity index (χ1) is 8.99. The van der Waals surface area contributed by atoms with Gasteiger partial charge in [-0.15, -0.1) is 11.3 Å². The summed E-state index contributed by atoms with van der Waals surface area (Å²) in [6.45, 7) is 0.576. The van der Waals surface area contributed by atoms with Gasteiger partial charge in [-0.3, -0.25) is 4.68 Å². The quantitative estimate of drug-likeness (QED) is 0.861. The molecule has 2 aromatic rings.